The van der Waals surface area contributed by atoms with Crippen LogP contribution in [0.2, 0.25) is 0 Å². The highest BCUT2D eigenvalue weighted by atomic mass is 32.2. The van der Waals surface area contributed by atoms with Gasteiger partial charge in [0.05, 0.1) is 17.0 Å². The van der Waals surface area contributed by atoms with Crippen LogP contribution in [0.4, 0.5) is 5.82 Å². The Morgan fingerprint density at radius 1 is 1.26 bits per heavy atom. The molecule has 0 fully saturated rings. The average Bonchev–Trinajstić information content (AvgIpc) is 3.45. The molecule has 1 atom stereocenters. The lowest BCUT2D eigenvalue weighted by molar-refractivity contribution is 0.382. The van der Waals surface area contributed by atoms with E-state index in [4.69, 9.17) is 10.1 Å². The second-order valence-corrected chi connectivity index (χ2v) is 9.98. The van der Waals surface area contributed by atoms with Crippen LogP contribution in [0.25, 0.3) is 10.9 Å². The number of hydrogen-bond donors (Lipinski definition) is 2. The molecule has 0 amide bonds. The monoisotopic (exact) mass is 437 g/mol. The number of rotatable bonds is 4. The number of anilines is 1. The zero-order chi connectivity index (χ0) is 21.8. The van der Waals surface area contributed by atoms with Crippen molar-refractivity contribution < 1.29 is 8.42 Å². The first-order valence-electron chi connectivity index (χ1n) is 10.1. The molecular weight excluding hydrogens is 414 g/mol. The van der Waals surface area contributed by atoms with Crippen LogP contribution in [-0.4, -0.2) is 51.6 Å². The van der Waals surface area contributed by atoms with Gasteiger partial charge in [-0.05, 0) is 31.9 Å². The highest BCUT2D eigenvalue weighted by molar-refractivity contribution is 7.90. The van der Waals surface area contributed by atoms with E-state index in [2.05, 4.69) is 28.5 Å². The zero-order valence-corrected chi connectivity index (χ0v) is 18.3. The van der Waals surface area contributed by atoms with Crippen LogP contribution in [0, 0.1) is 12.8 Å². The molecule has 10 heteroatoms. The van der Waals surface area contributed by atoms with Gasteiger partial charge in [0.1, 0.15) is 0 Å². The number of hydrogen-bond acceptors (Lipinski definition) is 7. The molecule has 2 aliphatic heterocycles. The maximum Gasteiger partial charge on any atom is 0.238 e. The van der Waals surface area contributed by atoms with Crippen LogP contribution < -0.4 is 5.32 Å². The van der Waals surface area contributed by atoms with Gasteiger partial charge in [-0.1, -0.05) is 25.1 Å². The molecule has 0 bridgehead atoms. The summed E-state index contributed by atoms with van der Waals surface area (Å²) in [5, 5.41) is 18.0. The van der Waals surface area contributed by atoms with Crippen LogP contribution >= 0.6 is 0 Å². The minimum absolute atomic E-state index is 0.0249. The van der Waals surface area contributed by atoms with Crippen LogP contribution in [0.15, 0.2) is 58.4 Å². The molecule has 0 aliphatic carbocycles. The third-order valence-electron chi connectivity index (χ3n) is 5.39. The quantitative estimate of drug-likeness (QED) is 0.653. The SMILES string of the molecule is CCS(=O)(=O)n1ccc2ccc(C3=NN4CC(C)C=C4C(Nc4cc(C)[nH]n4)=N3)cc21. The predicted molar refractivity (Wildman–Crippen MR) is 122 cm³/mol. The standard InChI is InChI=1S/C21H23N7O2S/c1-4-31(29,30)28-8-7-15-5-6-16(11-17(15)28)20-23-21(22-19-10-14(3)24-25-19)18-9-13(2)12-27(18)26-20/h5-11,13H,4,12H2,1-3H3,(H2,22,23,24,25,26). The molecule has 2 aromatic heterocycles. The summed E-state index contributed by atoms with van der Waals surface area (Å²) in [6, 6.07) is 9.35. The van der Waals surface area contributed by atoms with E-state index < -0.39 is 10.0 Å². The third-order valence-corrected chi connectivity index (χ3v) is 7.04. The second kappa shape index (κ2) is 7.09. The lowest BCUT2D eigenvalue weighted by atomic mass is 10.1. The van der Waals surface area contributed by atoms with Crippen LogP contribution in [0.5, 0.6) is 0 Å². The Morgan fingerprint density at radius 2 is 2.10 bits per heavy atom. The van der Waals surface area contributed by atoms with E-state index in [1.54, 1.807) is 19.2 Å². The van der Waals surface area contributed by atoms with Crippen molar-refractivity contribution in [3.8, 4) is 0 Å². The van der Waals surface area contributed by atoms with Gasteiger partial charge < -0.3 is 5.32 Å². The van der Waals surface area contributed by atoms with Crippen molar-refractivity contribution >= 4 is 38.4 Å². The summed E-state index contributed by atoms with van der Waals surface area (Å²) in [7, 11) is -3.40. The lowest BCUT2D eigenvalue weighted by Gasteiger charge is -2.24. The van der Waals surface area contributed by atoms with Gasteiger partial charge in [-0.15, -0.1) is 0 Å². The smallest absolute Gasteiger partial charge is 0.238 e. The summed E-state index contributed by atoms with van der Waals surface area (Å²) in [6.07, 6.45) is 3.73. The van der Waals surface area contributed by atoms with E-state index in [0.717, 1.165) is 28.9 Å². The Hall–Kier alpha value is -3.40. The van der Waals surface area contributed by atoms with Crippen molar-refractivity contribution in [1.29, 1.82) is 0 Å². The number of hydrazone groups is 1. The molecule has 9 nitrogen and oxygen atoms in total. The van der Waals surface area contributed by atoms with Crippen molar-refractivity contribution in [3.05, 3.63) is 59.6 Å². The molecule has 0 saturated heterocycles. The molecule has 160 valence electrons. The zero-order valence-electron chi connectivity index (χ0n) is 17.5. The van der Waals surface area contributed by atoms with Crippen molar-refractivity contribution in [2.45, 2.75) is 20.8 Å². The topological polar surface area (TPSA) is 108 Å². The number of amidine groups is 2. The van der Waals surface area contributed by atoms with Gasteiger partial charge in [-0.25, -0.2) is 17.4 Å². The minimum atomic E-state index is -3.40. The van der Waals surface area contributed by atoms with Crippen molar-refractivity contribution in [1.82, 2.24) is 19.2 Å². The fraction of sp³-hybridized carbons (Fsp3) is 0.286. The van der Waals surface area contributed by atoms with Crippen molar-refractivity contribution in [3.63, 3.8) is 0 Å². The number of aryl methyl sites for hydroxylation is 1. The minimum Gasteiger partial charge on any atom is -0.322 e. The maximum absolute atomic E-state index is 12.5. The third kappa shape index (κ3) is 3.42. The highest BCUT2D eigenvalue weighted by Crippen LogP contribution is 2.28. The molecule has 0 spiro atoms. The van der Waals surface area contributed by atoms with Gasteiger partial charge >= 0.3 is 0 Å². The van der Waals surface area contributed by atoms with Gasteiger partial charge in [0.2, 0.25) is 10.0 Å². The van der Waals surface area contributed by atoms with E-state index in [-0.39, 0.29) is 5.75 Å². The first-order valence-corrected chi connectivity index (χ1v) is 11.8. The fourth-order valence-corrected chi connectivity index (χ4v) is 4.80. The Kier molecular flexibility index (Phi) is 4.47. The number of H-pyrrole nitrogens is 1. The molecule has 5 rings (SSSR count). The van der Waals surface area contributed by atoms with Gasteiger partial charge in [-0.2, -0.15) is 10.2 Å². The van der Waals surface area contributed by atoms with Gasteiger partial charge in [-0.3, -0.25) is 10.1 Å². The van der Waals surface area contributed by atoms with E-state index in [1.807, 2.05) is 36.2 Å². The number of aliphatic imine (C=N–C) groups is 1. The lowest BCUT2D eigenvalue weighted by Crippen LogP contribution is -2.31. The average molecular weight is 438 g/mol. The first-order chi connectivity index (χ1) is 14.8. The predicted octanol–water partition coefficient (Wildman–Crippen LogP) is 2.89. The summed E-state index contributed by atoms with van der Waals surface area (Å²) in [6.45, 7) is 6.45. The first kappa shape index (κ1) is 19.6. The highest BCUT2D eigenvalue weighted by Gasteiger charge is 2.29. The number of aromatic nitrogens is 3. The molecule has 3 aromatic rings. The second-order valence-electron chi connectivity index (χ2n) is 7.84. The van der Waals surface area contributed by atoms with Crippen LogP contribution in [0.1, 0.15) is 25.1 Å². The molecule has 0 radical (unpaired) electrons. The Labute approximate surface area is 180 Å². The van der Waals surface area contributed by atoms with Crippen molar-refractivity contribution in [2.75, 3.05) is 17.6 Å². The van der Waals surface area contributed by atoms with E-state index in [9.17, 15) is 8.42 Å². The Balaban J connectivity index is 1.59. The fourth-order valence-electron chi connectivity index (χ4n) is 3.82. The van der Waals surface area contributed by atoms with E-state index in [1.165, 1.54) is 3.97 Å². The van der Waals surface area contributed by atoms with E-state index in [0.29, 0.717) is 28.9 Å². The maximum atomic E-state index is 12.5. The summed E-state index contributed by atoms with van der Waals surface area (Å²) in [5.74, 6) is 2.22. The Bertz CT molecular complexity index is 1380. The van der Waals surface area contributed by atoms with Gasteiger partial charge in [0.15, 0.2) is 17.5 Å². The Morgan fingerprint density at radius 3 is 2.84 bits per heavy atom. The normalized spacial score (nSPS) is 18.6. The number of aromatic amines is 1. The molecule has 0 saturated carbocycles. The summed E-state index contributed by atoms with van der Waals surface area (Å²) >= 11 is 0. The molecule has 31 heavy (non-hydrogen) atoms. The van der Waals surface area contributed by atoms with Gasteiger partial charge in [0, 0.05) is 35.5 Å². The molecule has 1 unspecified atom stereocenters. The molecule has 1 aromatic carbocycles. The summed E-state index contributed by atoms with van der Waals surface area (Å²) < 4.78 is 26.3. The number of nitrogens with one attached hydrogen (secondary N) is 2. The van der Waals surface area contributed by atoms with Gasteiger partial charge in [0.25, 0.3) is 0 Å². The molecular formula is C21H23N7O2S. The summed E-state index contributed by atoms with van der Waals surface area (Å²) in [5.41, 5.74) is 3.22. The van der Waals surface area contributed by atoms with E-state index >= 15 is 0 Å². The van der Waals surface area contributed by atoms with Crippen molar-refractivity contribution in [2.24, 2.45) is 16.0 Å². The summed E-state index contributed by atoms with van der Waals surface area (Å²) in [4.78, 5) is 4.77. The van der Waals surface area contributed by atoms with Crippen LogP contribution in [0.3, 0.4) is 0 Å². The largest absolute Gasteiger partial charge is 0.322 e. The number of benzene rings is 1. The molecule has 2 aliphatic rings. The molecule has 2 N–H and O–H groups in total. The number of fused-ring (bicyclic) bond motifs is 2. The van der Waals surface area contributed by atoms with Crippen LogP contribution in [-0.2, 0) is 10.0 Å². The molecule has 4 heterocycles. The number of nitrogens with zero attached hydrogens (tertiary/aromatic N) is 5.